The van der Waals surface area contributed by atoms with Gasteiger partial charge in [-0.2, -0.15) is 4.98 Å². The van der Waals surface area contributed by atoms with Crippen LogP contribution in [-0.2, 0) is 11.2 Å². The minimum Gasteiger partial charge on any atom is -0.490 e. The summed E-state index contributed by atoms with van der Waals surface area (Å²) in [6.07, 6.45) is 2.39. The molecule has 1 aliphatic heterocycles. The Morgan fingerprint density at radius 3 is 2.62 bits per heavy atom. The van der Waals surface area contributed by atoms with Gasteiger partial charge in [-0.3, -0.25) is 4.79 Å². The van der Waals surface area contributed by atoms with Gasteiger partial charge in [0.2, 0.25) is 17.6 Å². The molecule has 168 valence electrons. The van der Waals surface area contributed by atoms with E-state index < -0.39 is 0 Å². The molecule has 2 heterocycles. The standard InChI is InChI=1S/C25H28FN3O3/c1-16-4-5-18(3)22(14-16)31-20-10-12-29(13-11-20)24(30)9-8-23-27-25(28-32-23)19-7-6-17(2)21(26)15-19/h4-7,14-15,20H,8-13H2,1-3H3. The van der Waals surface area contributed by atoms with E-state index in [0.29, 0.717) is 48.8 Å². The lowest BCUT2D eigenvalue weighted by Gasteiger charge is -2.32. The molecule has 0 atom stereocenters. The van der Waals surface area contributed by atoms with Gasteiger partial charge in [-0.25, -0.2) is 4.39 Å². The molecule has 1 saturated heterocycles. The fraction of sp³-hybridized carbons (Fsp3) is 0.400. The number of rotatable bonds is 6. The topological polar surface area (TPSA) is 68.5 Å². The molecule has 0 aliphatic carbocycles. The molecule has 7 heteroatoms. The minimum absolute atomic E-state index is 0.0660. The Labute approximate surface area is 187 Å². The number of aryl methyl sites for hydroxylation is 4. The molecule has 1 fully saturated rings. The van der Waals surface area contributed by atoms with Crippen LogP contribution in [-0.4, -0.2) is 40.1 Å². The second-order valence-corrected chi connectivity index (χ2v) is 8.44. The maximum absolute atomic E-state index is 13.8. The van der Waals surface area contributed by atoms with E-state index in [1.807, 2.05) is 11.8 Å². The van der Waals surface area contributed by atoms with E-state index in [0.717, 1.165) is 24.2 Å². The van der Waals surface area contributed by atoms with Crippen LogP contribution in [0.3, 0.4) is 0 Å². The lowest BCUT2D eigenvalue weighted by Crippen LogP contribution is -2.41. The van der Waals surface area contributed by atoms with Crippen LogP contribution in [0.5, 0.6) is 5.75 Å². The maximum Gasteiger partial charge on any atom is 0.227 e. The summed E-state index contributed by atoms with van der Waals surface area (Å²) in [7, 11) is 0. The van der Waals surface area contributed by atoms with Crippen LogP contribution < -0.4 is 4.74 Å². The van der Waals surface area contributed by atoms with Crippen LogP contribution in [0.2, 0.25) is 0 Å². The zero-order valence-electron chi connectivity index (χ0n) is 18.7. The van der Waals surface area contributed by atoms with E-state index in [2.05, 4.69) is 35.3 Å². The number of likely N-dealkylation sites (tertiary alicyclic amines) is 1. The number of amides is 1. The van der Waals surface area contributed by atoms with Gasteiger partial charge in [0.25, 0.3) is 0 Å². The number of benzene rings is 2. The Hall–Kier alpha value is -3.22. The van der Waals surface area contributed by atoms with Crippen molar-refractivity contribution in [3.05, 3.63) is 64.8 Å². The molecule has 1 amide bonds. The fourth-order valence-corrected chi connectivity index (χ4v) is 3.81. The van der Waals surface area contributed by atoms with Gasteiger partial charge >= 0.3 is 0 Å². The van der Waals surface area contributed by atoms with Gasteiger partial charge < -0.3 is 14.2 Å². The quantitative estimate of drug-likeness (QED) is 0.554. The van der Waals surface area contributed by atoms with Crippen LogP contribution in [0.4, 0.5) is 4.39 Å². The number of aromatic nitrogens is 2. The average Bonchev–Trinajstić information content (AvgIpc) is 3.26. The third-order valence-corrected chi connectivity index (χ3v) is 5.88. The second kappa shape index (κ2) is 9.51. The number of piperidine rings is 1. The monoisotopic (exact) mass is 437 g/mol. The first-order chi connectivity index (χ1) is 15.4. The summed E-state index contributed by atoms with van der Waals surface area (Å²) in [5.41, 5.74) is 3.42. The van der Waals surface area contributed by atoms with Gasteiger partial charge in [-0.1, -0.05) is 29.4 Å². The van der Waals surface area contributed by atoms with E-state index in [9.17, 15) is 9.18 Å². The number of carbonyl (C=O) groups excluding carboxylic acids is 1. The highest BCUT2D eigenvalue weighted by molar-refractivity contribution is 5.76. The Kier molecular flexibility index (Phi) is 6.53. The van der Waals surface area contributed by atoms with Crippen molar-refractivity contribution in [1.82, 2.24) is 15.0 Å². The lowest BCUT2D eigenvalue weighted by molar-refractivity contribution is -0.133. The molecule has 3 aromatic rings. The fourth-order valence-electron chi connectivity index (χ4n) is 3.81. The number of hydrogen-bond acceptors (Lipinski definition) is 5. The van der Waals surface area contributed by atoms with E-state index >= 15 is 0 Å². The molecule has 0 unspecified atom stereocenters. The molecule has 4 rings (SSSR count). The Morgan fingerprint density at radius 1 is 1.12 bits per heavy atom. The molecule has 2 aromatic carbocycles. The molecular weight excluding hydrogens is 409 g/mol. The summed E-state index contributed by atoms with van der Waals surface area (Å²) in [6.45, 7) is 7.15. The Bertz CT molecular complexity index is 1100. The largest absolute Gasteiger partial charge is 0.490 e. The summed E-state index contributed by atoms with van der Waals surface area (Å²) >= 11 is 0. The first-order valence-electron chi connectivity index (χ1n) is 11.0. The third-order valence-electron chi connectivity index (χ3n) is 5.88. The van der Waals surface area contributed by atoms with Gasteiger partial charge in [-0.05, 0) is 49.6 Å². The highest BCUT2D eigenvalue weighted by Crippen LogP contribution is 2.24. The summed E-state index contributed by atoms with van der Waals surface area (Å²) in [4.78, 5) is 18.8. The van der Waals surface area contributed by atoms with E-state index in [1.165, 1.54) is 11.6 Å². The SMILES string of the molecule is Cc1ccc(C)c(OC2CCN(C(=O)CCc3nc(-c4ccc(C)c(F)c4)no3)CC2)c1. The van der Waals surface area contributed by atoms with E-state index in [-0.39, 0.29) is 17.8 Å². The molecule has 0 spiro atoms. The molecule has 0 radical (unpaired) electrons. The first kappa shape index (κ1) is 22.0. The summed E-state index contributed by atoms with van der Waals surface area (Å²) in [5, 5.41) is 3.92. The average molecular weight is 438 g/mol. The van der Waals surface area contributed by atoms with Crippen molar-refractivity contribution in [1.29, 1.82) is 0 Å². The van der Waals surface area contributed by atoms with Gasteiger partial charge in [0.05, 0.1) is 0 Å². The van der Waals surface area contributed by atoms with Gasteiger partial charge in [-0.15, -0.1) is 0 Å². The molecule has 0 saturated carbocycles. The molecular formula is C25H28FN3O3. The number of nitrogens with zero attached hydrogens (tertiary/aromatic N) is 3. The molecule has 1 aliphatic rings. The smallest absolute Gasteiger partial charge is 0.227 e. The molecule has 0 bridgehead atoms. The molecule has 32 heavy (non-hydrogen) atoms. The number of halogens is 1. The highest BCUT2D eigenvalue weighted by atomic mass is 19.1. The lowest BCUT2D eigenvalue weighted by atomic mass is 10.1. The van der Waals surface area contributed by atoms with Crippen molar-refractivity contribution >= 4 is 5.91 Å². The van der Waals surface area contributed by atoms with Gasteiger partial charge in [0.1, 0.15) is 17.7 Å². The first-order valence-corrected chi connectivity index (χ1v) is 11.0. The number of hydrogen-bond donors (Lipinski definition) is 0. The maximum atomic E-state index is 13.8. The summed E-state index contributed by atoms with van der Waals surface area (Å²) in [6, 6.07) is 11.0. The van der Waals surface area contributed by atoms with Crippen molar-refractivity contribution in [2.24, 2.45) is 0 Å². The Balaban J connectivity index is 1.26. The van der Waals surface area contributed by atoms with Crippen LogP contribution >= 0.6 is 0 Å². The van der Waals surface area contributed by atoms with E-state index in [4.69, 9.17) is 9.26 Å². The summed E-state index contributed by atoms with van der Waals surface area (Å²) < 4.78 is 25.2. The van der Waals surface area contributed by atoms with Crippen molar-refractivity contribution in [3.8, 4) is 17.1 Å². The normalized spacial score (nSPS) is 14.6. The number of ether oxygens (including phenoxy) is 1. The summed E-state index contributed by atoms with van der Waals surface area (Å²) in [5.74, 6) is 1.39. The van der Waals surface area contributed by atoms with Crippen LogP contribution in [0.25, 0.3) is 11.4 Å². The predicted octanol–water partition coefficient (Wildman–Crippen LogP) is 4.80. The van der Waals surface area contributed by atoms with Crippen molar-refractivity contribution in [2.45, 2.75) is 52.6 Å². The molecule has 1 aromatic heterocycles. The zero-order chi connectivity index (χ0) is 22.7. The van der Waals surface area contributed by atoms with Crippen molar-refractivity contribution in [2.75, 3.05) is 13.1 Å². The van der Waals surface area contributed by atoms with Crippen molar-refractivity contribution in [3.63, 3.8) is 0 Å². The predicted molar refractivity (Wildman–Crippen MR) is 119 cm³/mol. The van der Waals surface area contributed by atoms with Crippen LogP contribution in [0.15, 0.2) is 40.9 Å². The minimum atomic E-state index is -0.311. The second-order valence-electron chi connectivity index (χ2n) is 8.44. The number of carbonyl (C=O) groups is 1. The van der Waals surface area contributed by atoms with E-state index in [1.54, 1.807) is 19.1 Å². The van der Waals surface area contributed by atoms with Gasteiger partial charge in [0.15, 0.2) is 0 Å². The molecule has 6 nitrogen and oxygen atoms in total. The zero-order valence-corrected chi connectivity index (χ0v) is 18.7. The van der Waals surface area contributed by atoms with Crippen LogP contribution in [0, 0.1) is 26.6 Å². The van der Waals surface area contributed by atoms with Gasteiger partial charge in [0, 0.05) is 44.3 Å². The van der Waals surface area contributed by atoms with Crippen LogP contribution in [0.1, 0.15) is 41.8 Å². The molecule has 0 N–H and O–H groups in total. The third kappa shape index (κ3) is 5.15. The highest BCUT2D eigenvalue weighted by Gasteiger charge is 2.24. The van der Waals surface area contributed by atoms with Crippen molar-refractivity contribution < 1.29 is 18.4 Å². The Morgan fingerprint density at radius 2 is 1.88 bits per heavy atom.